The molecule has 0 aliphatic rings. The number of nitrogens with zero attached hydrogens (tertiary/aromatic N) is 2. The van der Waals surface area contributed by atoms with Gasteiger partial charge in [-0.05, 0) is 12.1 Å². The normalized spacial score (nSPS) is 10.7. The summed E-state index contributed by atoms with van der Waals surface area (Å²) in [4.78, 5) is 11.2. The lowest BCUT2D eigenvalue weighted by Crippen LogP contribution is -2.10. The molecular weight excluding hydrogens is 284 g/mol. The number of anilines is 1. The molecule has 0 atom stereocenters. The van der Waals surface area contributed by atoms with Gasteiger partial charge in [-0.25, -0.2) is 5.10 Å². The molecule has 20 heavy (non-hydrogen) atoms. The van der Waals surface area contributed by atoms with Crippen LogP contribution in [0, 0.1) is 0 Å². The lowest BCUT2D eigenvalue weighted by molar-refractivity contribution is 0.373. The van der Waals surface area contributed by atoms with E-state index >= 15 is 0 Å². The van der Waals surface area contributed by atoms with E-state index in [0.717, 1.165) is 0 Å². The molecule has 3 N–H and O–H groups in total. The van der Waals surface area contributed by atoms with Crippen molar-refractivity contribution in [1.29, 1.82) is 0 Å². The smallest absolute Gasteiger partial charge is 0.285 e. The van der Waals surface area contributed by atoms with E-state index in [2.05, 4.69) is 20.7 Å². The molecule has 0 radical (unpaired) electrons. The number of methoxy groups -OCH3 is 1. The first-order valence-electron chi connectivity index (χ1n) is 5.51. The number of benzene rings is 1. The van der Waals surface area contributed by atoms with Gasteiger partial charge in [0.05, 0.1) is 19.5 Å². The number of phenolic OH excluding ortho intramolecular Hbond substituents is 1. The van der Waals surface area contributed by atoms with E-state index in [-0.39, 0.29) is 16.5 Å². The van der Waals surface area contributed by atoms with Gasteiger partial charge >= 0.3 is 0 Å². The van der Waals surface area contributed by atoms with E-state index < -0.39 is 5.56 Å². The Morgan fingerprint density at radius 2 is 2.35 bits per heavy atom. The van der Waals surface area contributed by atoms with Crippen molar-refractivity contribution in [2.45, 2.75) is 0 Å². The Morgan fingerprint density at radius 3 is 3.10 bits per heavy atom. The van der Waals surface area contributed by atoms with Crippen molar-refractivity contribution in [2.75, 3.05) is 12.5 Å². The van der Waals surface area contributed by atoms with Crippen LogP contribution in [0.1, 0.15) is 5.56 Å². The van der Waals surface area contributed by atoms with E-state index in [9.17, 15) is 9.90 Å². The zero-order valence-electron chi connectivity index (χ0n) is 10.4. The molecule has 8 heteroatoms. The highest BCUT2D eigenvalue weighted by Crippen LogP contribution is 2.28. The quantitative estimate of drug-likeness (QED) is 0.587. The highest BCUT2D eigenvalue weighted by Gasteiger charge is 2.05. The van der Waals surface area contributed by atoms with Crippen LogP contribution < -0.4 is 15.7 Å². The van der Waals surface area contributed by atoms with Crippen molar-refractivity contribution in [3.05, 3.63) is 45.3 Å². The third-order valence-electron chi connectivity index (χ3n) is 2.43. The van der Waals surface area contributed by atoms with Crippen LogP contribution in [-0.4, -0.2) is 28.6 Å². The zero-order chi connectivity index (χ0) is 14.5. The summed E-state index contributed by atoms with van der Waals surface area (Å²) in [6, 6.07) is 4.99. The van der Waals surface area contributed by atoms with Gasteiger partial charge in [-0.2, -0.15) is 10.2 Å². The number of para-hydroxylation sites is 1. The SMILES string of the molecule is COc1cccc(C=NNc2cn[nH]c(=O)c2Cl)c1O. The van der Waals surface area contributed by atoms with E-state index in [0.29, 0.717) is 11.3 Å². The van der Waals surface area contributed by atoms with Crippen LogP contribution in [0.2, 0.25) is 5.02 Å². The van der Waals surface area contributed by atoms with Gasteiger partial charge in [0.15, 0.2) is 11.5 Å². The molecule has 0 saturated carbocycles. The lowest BCUT2D eigenvalue weighted by atomic mass is 10.2. The first-order valence-corrected chi connectivity index (χ1v) is 5.89. The van der Waals surface area contributed by atoms with Crippen LogP contribution in [0.4, 0.5) is 5.69 Å². The molecule has 1 aromatic carbocycles. The number of ether oxygens (including phenoxy) is 1. The van der Waals surface area contributed by atoms with E-state index in [4.69, 9.17) is 16.3 Å². The Labute approximate surface area is 118 Å². The number of nitrogens with one attached hydrogen (secondary N) is 2. The van der Waals surface area contributed by atoms with Crippen molar-refractivity contribution in [3.63, 3.8) is 0 Å². The van der Waals surface area contributed by atoms with Crippen LogP contribution in [0.15, 0.2) is 34.3 Å². The molecule has 0 fully saturated rings. The van der Waals surface area contributed by atoms with E-state index in [1.807, 2.05) is 0 Å². The molecule has 1 aromatic heterocycles. The number of halogens is 1. The van der Waals surface area contributed by atoms with Gasteiger partial charge in [-0.3, -0.25) is 10.2 Å². The average molecular weight is 295 g/mol. The molecule has 0 aliphatic carbocycles. The molecular formula is C12H11ClN4O3. The van der Waals surface area contributed by atoms with Gasteiger partial charge < -0.3 is 9.84 Å². The van der Waals surface area contributed by atoms with Crippen molar-refractivity contribution in [2.24, 2.45) is 5.10 Å². The fraction of sp³-hybridized carbons (Fsp3) is 0.0833. The highest BCUT2D eigenvalue weighted by molar-refractivity contribution is 6.32. The number of H-pyrrole nitrogens is 1. The minimum atomic E-state index is -0.518. The zero-order valence-corrected chi connectivity index (χ0v) is 11.2. The Bertz CT molecular complexity index is 699. The second-order valence-corrected chi connectivity index (χ2v) is 4.07. The molecule has 0 saturated heterocycles. The summed E-state index contributed by atoms with van der Waals surface area (Å²) < 4.78 is 4.98. The maximum absolute atomic E-state index is 11.2. The summed E-state index contributed by atoms with van der Waals surface area (Å²) in [6.07, 6.45) is 2.70. The fourth-order valence-corrected chi connectivity index (χ4v) is 1.57. The monoisotopic (exact) mass is 294 g/mol. The molecule has 0 spiro atoms. The fourth-order valence-electron chi connectivity index (χ4n) is 1.44. The van der Waals surface area contributed by atoms with Gasteiger partial charge in [0.1, 0.15) is 10.7 Å². The predicted octanol–water partition coefficient (Wildman–Crippen LogP) is 1.58. The van der Waals surface area contributed by atoms with Crippen LogP contribution >= 0.6 is 11.6 Å². The molecule has 0 unspecified atom stereocenters. The number of aromatic hydroxyl groups is 1. The molecule has 2 rings (SSSR count). The predicted molar refractivity (Wildman–Crippen MR) is 75.7 cm³/mol. The highest BCUT2D eigenvalue weighted by atomic mass is 35.5. The summed E-state index contributed by atoms with van der Waals surface area (Å²) in [5, 5.41) is 19.5. The molecule has 1 heterocycles. The van der Waals surface area contributed by atoms with Crippen LogP contribution in [0.25, 0.3) is 0 Å². The number of hydrogen-bond donors (Lipinski definition) is 3. The van der Waals surface area contributed by atoms with Gasteiger partial charge in [-0.1, -0.05) is 17.7 Å². The third kappa shape index (κ3) is 2.89. The standard InChI is InChI=1S/C12H11ClN4O3/c1-20-9-4-2-3-7(11(9)18)5-14-16-8-6-15-17-12(19)10(8)13/h2-6,18H,1H3,(H2,16,17,19). The Balaban J connectivity index is 2.19. The Kier molecular flexibility index (Phi) is 4.21. The van der Waals surface area contributed by atoms with Crippen LogP contribution in [0.5, 0.6) is 11.5 Å². The first-order chi connectivity index (χ1) is 9.63. The van der Waals surface area contributed by atoms with Gasteiger partial charge in [0, 0.05) is 5.56 Å². The minimum absolute atomic E-state index is 0.0318. The number of phenols is 1. The minimum Gasteiger partial charge on any atom is -0.504 e. The van der Waals surface area contributed by atoms with E-state index in [1.165, 1.54) is 19.5 Å². The maximum atomic E-state index is 11.2. The molecule has 0 amide bonds. The van der Waals surface area contributed by atoms with Crippen LogP contribution in [0.3, 0.4) is 0 Å². The van der Waals surface area contributed by atoms with Crippen molar-refractivity contribution in [3.8, 4) is 11.5 Å². The Hall–Kier alpha value is -2.54. The second-order valence-electron chi connectivity index (χ2n) is 3.69. The molecule has 0 bridgehead atoms. The molecule has 0 aliphatic heterocycles. The second kappa shape index (κ2) is 6.07. The van der Waals surface area contributed by atoms with E-state index in [1.54, 1.807) is 18.2 Å². The van der Waals surface area contributed by atoms with Gasteiger partial charge in [0.2, 0.25) is 0 Å². The summed E-state index contributed by atoms with van der Waals surface area (Å²) >= 11 is 5.76. The number of aromatic nitrogens is 2. The lowest BCUT2D eigenvalue weighted by Gasteiger charge is -2.05. The molecule has 104 valence electrons. The van der Waals surface area contributed by atoms with Crippen molar-refractivity contribution in [1.82, 2.24) is 10.2 Å². The number of hydrogen-bond acceptors (Lipinski definition) is 6. The summed E-state index contributed by atoms with van der Waals surface area (Å²) in [6.45, 7) is 0. The maximum Gasteiger partial charge on any atom is 0.285 e. The topological polar surface area (TPSA) is 99.6 Å². The molecule has 2 aromatic rings. The van der Waals surface area contributed by atoms with Crippen molar-refractivity contribution >= 4 is 23.5 Å². The summed E-state index contributed by atoms with van der Waals surface area (Å²) in [5.41, 5.74) is 2.76. The first kappa shape index (κ1) is 13.9. The average Bonchev–Trinajstić information content (AvgIpc) is 2.45. The molecule has 7 nitrogen and oxygen atoms in total. The summed E-state index contributed by atoms with van der Waals surface area (Å²) in [7, 11) is 1.45. The number of hydrazone groups is 1. The largest absolute Gasteiger partial charge is 0.504 e. The van der Waals surface area contributed by atoms with Gasteiger partial charge in [0.25, 0.3) is 5.56 Å². The van der Waals surface area contributed by atoms with Gasteiger partial charge in [-0.15, -0.1) is 0 Å². The summed E-state index contributed by atoms with van der Waals surface area (Å²) in [5.74, 6) is 0.306. The number of aromatic amines is 1. The van der Waals surface area contributed by atoms with Crippen LogP contribution in [-0.2, 0) is 0 Å². The third-order valence-corrected chi connectivity index (χ3v) is 2.81. The number of rotatable bonds is 4. The van der Waals surface area contributed by atoms with Crippen molar-refractivity contribution < 1.29 is 9.84 Å². The Morgan fingerprint density at radius 1 is 1.55 bits per heavy atom.